The maximum absolute atomic E-state index is 5.88. The molecule has 5 nitrogen and oxygen atoms in total. The fourth-order valence-electron chi connectivity index (χ4n) is 2.71. The van der Waals surface area contributed by atoms with Crippen LogP contribution in [0.4, 0.5) is 0 Å². The number of hydrogen-bond donors (Lipinski definition) is 0. The standard InChI is InChI=1S/C17H23N3O2S/c1-5-21-15-7-13-6-11(2)22-16(13)8-14(15)9-23-10-17-19-18-12(3)20(17)4/h7-8,11H,5-6,9-10H2,1-4H3/t11-/m1/s1. The van der Waals surface area contributed by atoms with E-state index >= 15 is 0 Å². The van der Waals surface area contributed by atoms with Crippen LogP contribution in [0.25, 0.3) is 0 Å². The molecule has 1 aliphatic heterocycles. The molecule has 0 spiro atoms. The molecule has 1 atom stereocenters. The number of thioether (sulfide) groups is 1. The summed E-state index contributed by atoms with van der Waals surface area (Å²) in [6, 6.07) is 4.28. The minimum Gasteiger partial charge on any atom is -0.494 e. The molecule has 23 heavy (non-hydrogen) atoms. The number of benzene rings is 1. The van der Waals surface area contributed by atoms with Crippen LogP contribution in [0.3, 0.4) is 0 Å². The number of ether oxygens (including phenoxy) is 2. The molecule has 3 rings (SSSR count). The molecule has 0 N–H and O–H groups in total. The minimum absolute atomic E-state index is 0.254. The molecule has 0 saturated heterocycles. The van der Waals surface area contributed by atoms with Crippen molar-refractivity contribution in [2.45, 2.75) is 44.8 Å². The first kappa shape index (κ1) is 16.2. The third-order valence-electron chi connectivity index (χ3n) is 4.05. The molecular formula is C17H23N3O2S. The average Bonchev–Trinajstić information content (AvgIpc) is 3.03. The van der Waals surface area contributed by atoms with Gasteiger partial charge in [-0.1, -0.05) is 0 Å². The number of nitrogens with zero attached hydrogens (tertiary/aromatic N) is 3. The molecule has 0 amide bonds. The molecule has 1 aliphatic rings. The van der Waals surface area contributed by atoms with Gasteiger partial charge in [-0.2, -0.15) is 0 Å². The van der Waals surface area contributed by atoms with Gasteiger partial charge in [0.2, 0.25) is 0 Å². The van der Waals surface area contributed by atoms with Crippen LogP contribution >= 0.6 is 11.8 Å². The Morgan fingerprint density at radius 3 is 2.87 bits per heavy atom. The predicted molar refractivity (Wildman–Crippen MR) is 92.1 cm³/mol. The Hall–Kier alpha value is -1.69. The third kappa shape index (κ3) is 3.47. The molecule has 0 aliphatic carbocycles. The molecule has 0 fully saturated rings. The molecule has 2 aromatic rings. The van der Waals surface area contributed by atoms with Gasteiger partial charge in [-0.05, 0) is 32.9 Å². The topological polar surface area (TPSA) is 49.2 Å². The number of rotatable bonds is 6. The van der Waals surface area contributed by atoms with Crippen LogP contribution < -0.4 is 9.47 Å². The van der Waals surface area contributed by atoms with Gasteiger partial charge in [-0.25, -0.2) is 0 Å². The molecule has 2 heterocycles. The van der Waals surface area contributed by atoms with E-state index in [9.17, 15) is 0 Å². The van der Waals surface area contributed by atoms with Gasteiger partial charge in [0.25, 0.3) is 0 Å². The smallest absolute Gasteiger partial charge is 0.142 e. The van der Waals surface area contributed by atoms with Gasteiger partial charge in [0.15, 0.2) is 0 Å². The zero-order valence-electron chi connectivity index (χ0n) is 14.1. The molecule has 124 valence electrons. The van der Waals surface area contributed by atoms with E-state index in [0.29, 0.717) is 6.61 Å². The summed E-state index contributed by atoms with van der Waals surface area (Å²) in [5, 5.41) is 8.31. The number of hydrogen-bond acceptors (Lipinski definition) is 5. The summed E-state index contributed by atoms with van der Waals surface area (Å²) in [5.41, 5.74) is 2.43. The number of aromatic nitrogens is 3. The van der Waals surface area contributed by atoms with E-state index in [0.717, 1.165) is 41.1 Å². The fourth-order valence-corrected chi connectivity index (χ4v) is 3.69. The summed E-state index contributed by atoms with van der Waals surface area (Å²) in [4.78, 5) is 0. The summed E-state index contributed by atoms with van der Waals surface area (Å²) in [5.74, 6) is 5.62. The molecule has 0 saturated carbocycles. The summed E-state index contributed by atoms with van der Waals surface area (Å²) in [6.07, 6.45) is 1.21. The third-order valence-corrected chi connectivity index (χ3v) is 5.03. The minimum atomic E-state index is 0.254. The first-order valence-corrected chi connectivity index (χ1v) is 9.11. The Kier molecular flexibility index (Phi) is 4.80. The zero-order valence-corrected chi connectivity index (χ0v) is 14.9. The van der Waals surface area contributed by atoms with Crippen molar-refractivity contribution in [3.63, 3.8) is 0 Å². The van der Waals surface area contributed by atoms with E-state index in [-0.39, 0.29) is 6.10 Å². The van der Waals surface area contributed by atoms with Crippen molar-refractivity contribution in [1.29, 1.82) is 0 Å². The van der Waals surface area contributed by atoms with Crippen molar-refractivity contribution < 1.29 is 9.47 Å². The van der Waals surface area contributed by atoms with Gasteiger partial charge in [-0.3, -0.25) is 0 Å². The molecule has 1 aromatic carbocycles. The highest BCUT2D eigenvalue weighted by atomic mass is 32.2. The second kappa shape index (κ2) is 6.83. The lowest BCUT2D eigenvalue weighted by atomic mass is 10.1. The summed E-state index contributed by atoms with van der Waals surface area (Å²) in [7, 11) is 2.00. The Bertz CT molecular complexity index is 699. The first-order chi connectivity index (χ1) is 11.1. The molecule has 0 radical (unpaired) electrons. The summed E-state index contributed by atoms with van der Waals surface area (Å²) < 4.78 is 13.7. The van der Waals surface area contributed by atoms with Gasteiger partial charge in [0, 0.05) is 30.3 Å². The normalized spacial score (nSPS) is 16.3. The van der Waals surface area contributed by atoms with Crippen molar-refractivity contribution in [2.24, 2.45) is 7.05 Å². The van der Waals surface area contributed by atoms with Crippen molar-refractivity contribution >= 4 is 11.8 Å². The van der Waals surface area contributed by atoms with Gasteiger partial charge in [0.05, 0.1) is 12.4 Å². The lowest BCUT2D eigenvalue weighted by Gasteiger charge is -2.12. The Morgan fingerprint density at radius 2 is 2.17 bits per heavy atom. The molecule has 1 aromatic heterocycles. The Labute approximate surface area is 141 Å². The van der Waals surface area contributed by atoms with Crippen LogP contribution in [0.15, 0.2) is 12.1 Å². The molecular weight excluding hydrogens is 310 g/mol. The van der Waals surface area contributed by atoms with Crippen molar-refractivity contribution in [1.82, 2.24) is 14.8 Å². The lowest BCUT2D eigenvalue weighted by molar-refractivity contribution is 0.254. The molecule has 0 unspecified atom stereocenters. The quantitative estimate of drug-likeness (QED) is 0.812. The van der Waals surface area contributed by atoms with E-state index in [4.69, 9.17) is 9.47 Å². The summed E-state index contributed by atoms with van der Waals surface area (Å²) in [6.45, 7) is 6.76. The van der Waals surface area contributed by atoms with Gasteiger partial charge in [0.1, 0.15) is 29.3 Å². The number of aryl methyl sites for hydroxylation is 1. The predicted octanol–water partition coefficient (Wildman–Crippen LogP) is 3.28. The second-order valence-corrected chi connectivity index (χ2v) is 6.83. The Balaban J connectivity index is 1.71. The van der Waals surface area contributed by atoms with Gasteiger partial charge >= 0.3 is 0 Å². The van der Waals surface area contributed by atoms with E-state index in [1.54, 1.807) is 0 Å². The van der Waals surface area contributed by atoms with E-state index in [1.807, 2.05) is 37.2 Å². The molecule has 6 heteroatoms. The van der Waals surface area contributed by atoms with Gasteiger partial charge in [-0.15, -0.1) is 22.0 Å². The summed E-state index contributed by atoms with van der Waals surface area (Å²) >= 11 is 1.81. The van der Waals surface area contributed by atoms with Crippen molar-refractivity contribution in [3.05, 3.63) is 34.9 Å². The highest BCUT2D eigenvalue weighted by Gasteiger charge is 2.21. The highest BCUT2D eigenvalue weighted by molar-refractivity contribution is 7.97. The Morgan fingerprint density at radius 1 is 1.35 bits per heavy atom. The van der Waals surface area contributed by atoms with Crippen LogP contribution in [0, 0.1) is 6.92 Å². The van der Waals surface area contributed by atoms with Crippen LogP contribution in [-0.2, 0) is 25.0 Å². The van der Waals surface area contributed by atoms with Crippen LogP contribution in [-0.4, -0.2) is 27.5 Å². The molecule has 0 bridgehead atoms. The second-order valence-electron chi connectivity index (χ2n) is 5.85. The van der Waals surface area contributed by atoms with Gasteiger partial charge < -0.3 is 14.0 Å². The van der Waals surface area contributed by atoms with Crippen LogP contribution in [0.5, 0.6) is 11.5 Å². The lowest BCUT2D eigenvalue weighted by Crippen LogP contribution is -2.05. The maximum Gasteiger partial charge on any atom is 0.142 e. The largest absolute Gasteiger partial charge is 0.494 e. The van der Waals surface area contributed by atoms with E-state index < -0.39 is 0 Å². The number of fused-ring (bicyclic) bond motifs is 1. The average molecular weight is 333 g/mol. The van der Waals surface area contributed by atoms with Crippen molar-refractivity contribution in [3.8, 4) is 11.5 Å². The maximum atomic E-state index is 5.88. The van der Waals surface area contributed by atoms with E-state index in [2.05, 4.69) is 29.3 Å². The fraction of sp³-hybridized carbons (Fsp3) is 0.529. The van der Waals surface area contributed by atoms with Crippen LogP contribution in [0.2, 0.25) is 0 Å². The highest BCUT2D eigenvalue weighted by Crippen LogP contribution is 2.36. The SMILES string of the molecule is CCOc1cc2c(cc1CSCc1nnc(C)n1C)O[C@H](C)C2. The first-order valence-electron chi connectivity index (χ1n) is 7.96. The van der Waals surface area contributed by atoms with Crippen LogP contribution in [0.1, 0.15) is 36.6 Å². The van der Waals surface area contributed by atoms with Crippen molar-refractivity contribution in [2.75, 3.05) is 6.61 Å². The van der Waals surface area contributed by atoms with E-state index in [1.165, 1.54) is 11.1 Å². The monoisotopic (exact) mass is 333 g/mol. The zero-order chi connectivity index (χ0) is 16.4.